The van der Waals surface area contributed by atoms with E-state index < -0.39 is 22.6 Å². The van der Waals surface area contributed by atoms with E-state index in [1.165, 1.54) is 25.2 Å². The first kappa shape index (κ1) is 35.1. The van der Waals surface area contributed by atoms with Gasteiger partial charge in [-0.05, 0) is 121 Å². The van der Waals surface area contributed by atoms with Crippen molar-refractivity contribution in [2.75, 3.05) is 7.11 Å². The van der Waals surface area contributed by atoms with E-state index in [1.807, 2.05) is 68.5 Å². The lowest BCUT2D eigenvalue weighted by Gasteiger charge is -2.19. The molecule has 0 aliphatic rings. The van der Waals surface area contributed by atoms with Gasteiger partial charge in [0, 0.05) is 16.7 Å². The molecular weight excluding hydrogens is 740 g/mol. The molecule has 0 saturated carbocycles. The van der Waals surface area contributed by atoms with E-state index in [9.17, 15) is 14.4 Å². The third-order valence-corrected chi connectivity index (χ3v) is 9.14. The van der Waals surface area contributed by atoms with E-state index in [0.717, 1.165) is 36.0 Å². The van der Waals surface area contributed by atoms with E-state index in [1.54, 1.807) is 55.6 Å². The van der Waals surface area contributed by atoms with Crippen molar-refractivity contribution >= 4 is 33.6 Å². The van der Waals surface area contributed by atoms with Crippen molar-refractivity contribution < 1.29 is 19.0 Å². The summed E-state index contributed by atoms with van der Waals surface area (Å²) in [7, 11) is 2.97. The lowest BCUT2D eigenvalue weighted by molar-refractivity contribution is 0.414. The van der Waals surface area contributed by atoms with Crippen LogP contribution < -0.4 is 26.3 Å². The summed E-state index contributed by atoms with van der Waals surface area (Å²) in [6.45, 7) is 7.57. The number of hydrogen-bond acceptors (Lipinski definition) is 6. The molecule has 0 aliphatic carbocycles. The summed E-state index contributed by atoms with van der Waals surface area (Å²) in [5.41, 5.74) is 2.36. The molecule has 252 valence electrons. The number of methoxy groups -OCH3 is 1. The van der Waals surface area contributed by atoms with Gasteiger partial charge < -0.3 is 14.6 Å². The van der Waals surface area contributed by atoms with Crippen LogP contribution in [-0.2, 0) is 13.6 Å². The van der Waals surface area contributed by atoms with Gasteiger partial charge in [-0.15, -0.1) is 0 Å². The van der Waals surface area contributed by atoms with Crippen molar-refractivity contribution in [1.82, 2.24) is 13.7 Å². The van der Waals surface area contributed by atoms with E-state index >= 15 is 4.39 Å². The predicted molar refractivity (Wildman–Crippen MR) is 197 cm³/mol. The van der Waals surface area contributed by atoms with E-state index in [-0.39, 0.29) is 29.0 Å². The average Bonchev–Trinajstić information content (AvgIpc) is 3.07. The van der Waals surface area contributed by atoms with Crippen LogP contribution in [0.25, 0.3) is 16.7 Å². The Bertz CT molecular complexity index is 2360. The zero-order valence-electron chi connectivity index (χ0n) is 27.9. The summed E-state index contributed by atoms with van der Waals surface area (Å²) in [6, 6.07) is 23.5. The van der Waals surface area contributed by atoms with E-state index in [0.29, 0.717) is 26.4 Å². The summed E-state index contributed by atoms with van der Waals surface area (Å²) in [6.07, 6.45) is 0. The number of aromatic hydroxyl groups is 1. The van der Waals surface area contributed by atoms with E-state index in [4.69, 9.17) is 14.6 Å². The van der Waals surface area contributed by atoms with Crippen LogP contribution in [0, 0.1) is 37.1 Å². The smallest absolute Gasteiger partial charge is 0.337 e. The fraction of sp³-hybridized carbons (Fsp3) is 0.184. The molecule has 4 aromatic carbocycles. The Balaban J connectivity index is 0.000000452. The summed E-state index contributed by atoms with van der Waals surface area (Å²) in [5.74, 6) is 0.745. The lowest BCUT2D eigenvalue weighted by Crippen LogP contribution is -2.42. The number of ether oxygens (including phenoxy) is 2. The molecule has 2 heterocycles. The molecule has 0 aliphatic heterocycles. The quantitative estimate of drug-likeness (QED) is 0.182. The Morgan fingerprint density at radius 3 is 2.08 bits per heavy atom. The summed E-state index contributed by atoms with van der Waals surface area (Å²) < 4.78 is 30.6. The molecule has 0 amide bonds. The Labute approximate surface area is 295 Å². The average molecular weight is 776 g/mol. The highest BCUT2D eigenvalue weighted by molar-refractivity contribution is 14.1. The Morgan fingerprint density at radius 1 is 0.816 bits per heavy atom. The van der Waals surface area contributed by atoms with Crippen molar-refractivity contribution in [3.63, 3.8) is 0 Å². The molecule has 0 atom stereocenters. The number of fused-ring (bicyclic) bond motifs is 1. The zero-order valence-corrected chi connectivity index (χ0v) is 30.0. The van der Waals surface area contributed by atoms with Gasteiger partial charge in [-0.25, -0.2) is 13.8 Å². The first-order valence-corrected chi connectivity index (χ1v) is 16.4. The van der Waals surface area contributed by atoms with Crippen LogP contribution in [0.5, 0.6) is 23.0 Å². The maximum atomic E-state index is 15.4. The first-order chi connectivity index (χ1) is 23.3. The fourth-order valence-electron chi connectivity index (χ4n) is 5.26. The summed E-state index contributed by atoms with van der Waals surface area (Å²) in [4.78, 5) is 41.2. The van der Waals surface area contributed by atoms with Gasteiger partial charge >= 0.3 is 5.69 Å². The van der Waals surface area contributed by atoms with Gasteiger partial charge in [0.25, 0.3) is 11.1 Å². The molecule has 0 radical (unpaired) electrons. The Kier molecular flexibility index (Phi) is 10.4. The molecule has 2 aromatic heterocycles. The largest absolute Gasteiger partial charge is 0.508 e. The molecule has 11 heteroatoms. The number of hydrogen-bond donors (Lipinski definition) is 1. The van der Waals surface area contributed by atoms with Gasteiger partial charge in [0.15, 0.2) is 0 Å². The molecule has 1 N–H and O–H groups in total. The monoisotopic (exact) mass is 775 g/mol. The Hall–Kier alpha value is -5.17. The lowest BCUT2D eigenvalue weighted by atomic mass is 10.1. The number of rotatable bonds is 6. The number of pyridine rings is 1. The number of aromatic nitrogens is 3. The number of benzene rings is 4. The van der Waals surface area contributed by atoms with Gasteiger partial charge in [-0.1, -0.05) is 36.4 Å². The van der Waals surface area contributed by atoms with Crippen molar-refractivity contribution in [1.29, 1.82) is 0 Å². The van der Waals surface area contributed by atoms with Crippen molar-refractivity contribution in [2.24, 2.45) is 7.05 Å². The number of phenolic OH excluding ortho intramolecular Hbond substituents is 1. The second-order valence-electron chi connectivity index (χ2n) is 11.6. The highest BCUT2D eigenvalue weighted by Gasteiger charge is 2.24. The van der Waals surface area contributed by atoms with Crippen LogP contribution in [0.2, 0.25) is 0 Å². The maximum Gasteiger partial charge on any atom is 0.337 e. The van der Waals surface area contributed by atoms with Gasteiger partial charge in [-0.2, -0.15) is 0 Å². The SMILES string of the molecule is COc1ccc(Cn2c(=O)c3c(Oc4cccc(C)c4C)cc(=O)n(C)c3n(-c3ccc(I)cc3F)c2=O)cc1.Cc1cccc(O)c1C. The van der Waals surface area contributed by atoms with Gasteiger partial charge in [-0.3, -0.25) is 18.7 Å². The van der Waals surface area contributed by atoms with Crippen LogP contribution in [0.1, 0.15) is 27.8 Å². The molecule has 6 aromatic rings. The molecule has 0 spiro atoms. The van der Waals surface area contributed by atoms with Gasteiger partial charge in [0.2, 0.25) is 0 Å². The van der Waals surface area contributed by atoms with Crippen LogP contribution in [-0.4, -0.2) is 25.9 Å². The molecule has 0 saturated heterocycles. The fourth-order valence-corrected chi connectivity index (χ4v) is 5.71. The first-order valence-electron chi connectivity index (χ1n) is 15.3. The molecule has 0 fully saturated rings. The number of aryl methyl sites for hydroxylation is 3. The van der Waals surface area contributed by atoms with Crippen LogP contribution >= 0.6 is 22.6 Å². The van der Waals surface area contributed by atoms with Crippen LogP contribution in [0.15, 0.2) is 99.3 Å². The second-order valence-corrected chi connectivity index (χ2v) is 12.8. The third-order valence-electron chi connectivity index (χ3n) is 8.47. The topological polar surface area (TPSA) is 105 Å². The minimum Gasteiger partial charge on any atom is -0.508 e. The minimum atomic E-state index is -0.799. The molecule has 0 unspecified atom stereocenters. The van der Waals surface area contributed by atoms with Gasteiger partial charge in [0.05, 0.1) is 19.3 Å². The summed E-state index contributed by atoms with van der Waals surface area (Å²) in [5, 5.41) is 9.07. The third kappa shape index (κ3) is 7.16. The highest BCUT2D eigenvalue weighted by Crippen LogP contribution is 2.31. The van der Waals surface area contributed by atoms with Crippen LogP contribution in [0.4, 0.5) is 4.39 Å². The van der Waals surface area contributed by atoms with Gasteiger partial charge in [0.1, 0.15) is 39.8 Å². The number of halogens is 2. The summed E-state index contributed by atoms with van der Waals surface area (Å²) >= 11 is 1.97. The maximum absolute atomic E-state index is 15.4. The Morgan fingerprint density at radius 2 is 1.47 bits per heavy atom. The molecular formula is C38H35FIN3O6. The zero-order chi connectivity index (χ0) is 35.6. The molecule has 0 bridgehead atoms. The van der Waals surface area contributed by atoms with Crippen LogP contribution in [0.3, 0.4) is 0 Å². The van der Waals surface area contributed by atoms with Crippen molar-refractivity contribution in [3.8, 4) is 28.7 Å². The second kappa shape index (κ2) is 14.5. The van der Waals surface area contributed by atoms with Crippen molar-refractivity contribution in [2.45, 2.75) is 34.2 Å². The standard InChI is InChI=1S/C30H25FIN3O5.C8H10O/c1-17-6-5-7-24(18(17)2)40-25-15-26(36)33(3)28-27(25)29(37)34(16-19-8-11-21(39-4)12-9-19)30(38)35(28)23-13-10-20(32)14-22(23)31;1-6-4-3-5-8(9)7(6)2/h5-15H,16H2,1-4H3;3-5,9H,1-2H3. The normalized spacial score (nSPS) is 10.9. The minimum absolute atomic E-state index is 0.0278. The molecule has 49 heavy (non-hydrogen) atoms. The highest BCUT2D eigenvalue weighted by atomic mass is 127. The number of nitrogens with zero attached hydrogens (tertiary/aromatic N) is 3. The number of phenols is 1. The molecule has 9 nitrogen and oxygen atoms in total. The van der Waals surface area contributed by atoms with E-state index in [2.05, 4.69) is 0 Å². The molecule has 6 rings (SSSR count). The van der Waals surface area contributed by atoms with Crippen molar-refractivity contribution in [3.05, 3.63) is 153 Å². The predicted octanol–water partition coefficient (Wildman–Crippen LogP) is 7.07.